The molecule has 2 aromatic carbocycles. The first-order valence-corrected chi connectivity index (χ1v) is 7.45. The number of hydrogen-bond acceptors (Lipinski definition) is 3. The lowest BCUT2D eigenvalue weighted by atomic mass is 10.0. The second kappa shape index (κ2) is 5.81. The molecule has 0 N–H and O–H groups in total. The minimum atomic E-state index is -4.53. The first kappa shape index (κ1) is 16.8. The molecule has 1 atom stereocenters. The molecule has 0 saturated heterocycles. The van der Waals surface area contributed by atoms with Crippen molar-refractivity contribution in [3.8, 4) is 6.07 Å². The van der Waals surface area contributed by atoms with Gasteiger partial charge in [-0.2, -0.15) is 18.4 Å². The quantitative estimate of drug-likeness (QED) is 0.827. The van der Waals surface area contributed by atoms with Crippen LogP contribution >= 0.6 is 0 Å². The molecule has 2 aromatic rings. The van der Waals surface area contributed by atoms with Gasteiger partial charge in [0.05, 0.1) is 11.6 Å². The molecule has 1 unspecified atom stereocenters. The number of benzene rings is 2. The molecule has 0 fully saturated rings. The van der Waals surface area contributed by atoms with Crippen LogP contribution in [-0.2, 0) is 6.18 Å². The van der Waals surface area contributed by atoms with Crippen molar-refractivity contribution in [3.63, 3.8) is 0 Å². The molecule has 1 amide bonds. The maximum absolute atomic E-state index is 12.9. The molecule has 0 radical (unpaired) electrons. The van der Waals surface area contributed by atoms with Crippen molar-refractivity contribution in [1.82, 2.24) is 0 Å². The minimum Gasteiger partial charge on any atom is -0.378 e. The summed E-state index contributed by atoms with van der Waals surface area (Å²) in [5, 5.41) is 9.47. The number of fused-ring (bicyclic) bond motifs is 1. The van der Waals surface area contributed by atoms with Crippen LogP contribution in [0.3, 0.4) is 0 Å². The Labute approximate surface area is 142 Å². The normalized spacial score (nSPS) is 16.6. The lowest BCUT2D eigenvalue weighted by molar-refractivity contribution is -0.137. The highest BCUT2D eigenvalue weighted by molar-refractivity contribution is 6.11. The van der Waals surface area contributed by atoms with Gasteiger partial charge in [0.2, 0.25) is 0 Å². The summed E-state index contributed by atoms with van der Waals surface area (Å²) in [6, 6.07) is 10.6. The van der Waals surface area contributed by atoms with E-state index in [-0.39, 0.29) is 11.1 Å². The van der Waals surface area contributed by atoms with Crippen molar-refractivity contribution in [1.29, 1.82) is 5.26 Å². The maximum Gasteiger partial charge on any atom is 0.416 e. The number of halogens is 3. The van der Waals surface area contributed by atoms with Crippen molar-refractivity contribution in [3.05, 3.63) is 59.2 Å². The van der Waals surface area contributed by atoms with Gasteiger partial charge in [-0.05, 0) is 42.5 Å². The van der Waals surface area contributed by atoms with Crippen LogP contribution in [0.1, 0.15) is 27.5 Å². The zero-order valence-electron chi connectivity index (χ0n) is 13.5. The van der Waals surface area contributed by atoms with Crippen LogP contribution < -0.4 is 9.80 Å². The van der Waals surface area contributed by atoms with Gasteiger partial charge in [-0.15, -0.1) is 0 Å². The fraction of sp³-hybridized carbons (Fsp3) is 0.222. The van der Waals surface area contributed by atoms with Gasteiger partial charge in [0.25, 0.3) is 5.91 Å². The van der Waals surface area contributed by atoms with E-state index in [2.05, 4.69) is 0 Å². The molecule has 1 aliphatic rings. The third-order valence-electron chi connectivity index (χ3n) is 4.15. The molecular formula is C18H14F3N3O. The molecule has 3 rings (SSSR count). The van der Waals surface area contributed by atoms with Crippen LogP contribution in [0.25, 0.3) is 0 Å². The van der Waals surface area contributed by atoms with E-state index in [0.29, 0.717) is 5.69 Å². The first-order chi connectivity index (χ1) is 11.7. The Morgan fingerprint density at radius 3 is 2.28 bits per heavy atom. The minimum absolute atomic E-state index is 0.0824. The van der Waals surface area contributed by atoms with E-state index in [0.717, 1.165) is 23.9 Å². The molecule has 0 aromatic heterocycles. The van der Waals surface area contributed by atoms with Gasteiger partial charge in [0.15, 0.2) is 6.04 Å². The number of hydrogen-bond donors (Lipinski definition) is 0. The smallest absolute Gasteiger partial charge is 0.378 e. The fourth-order valence-electron chi connectivity index (χ4n) is 2.85. The number of amides is 1. The van der Waals surface area contributed by atoms with E-state index in [4.69, 9.17) is 0 Å². The molecule has 1 heterocycles. The van der Waals surface area contributed by atoms with Crippen LogP contribution in [0.15, 0.2) is 42.5 Å². The van der Waals surface area contributed by atoms with E-state index in [1.165, 1.54) is 4.90 Å². The molecule has 25 heavy (non-hydrogen) atoms. The number of nitrogens with zero attached hydrogens (tertiary/aromatic N) is 3. The fourth-order valence-corrected chi connectivity index (χ4v) is 2.85. The molecule has 4 nitrogen and oxygen atoms in total. The van der Waals surface area contributed by atoms with Gasteiger partial charge in [-0.1, -0.05) is 0 Å². The summed E-state index contributed by atoms with van der Waals surface area (Å²) in [5.74, 6) is -0.479. The summed E-state index contributed by atoms with van der Waals surface area (Å²) in [6.45, 7) is 0. The SMILES string of the molecule is CN(C)c1ccc(N2C(=O)c3ccc(C(F)(F)F)cc3C2C#N)cc1. The molecule has 7 heteroatoms. The first-order valence-electron chi connectivity index (χ1n) is 7.45. The van der Waals surface area contributed by atoms with E-state index < -0.39 is 23.7 Å². The second-order valence-electron chi connectivity index (χ2n) is 5.92. The highest BCUT2D eigenvalue weighted by Gasteiger charge is 2.40. The van der Waals surface area contributed by atoms with Crippen LogP contribution in [0, 0.1) is 11.3 Å². The average Bonchev–Trinajstić information content (AvgIpc) is 2.85. The van der Waals surface area contributed by atoms with Gasteiger partial charge >= 0.3 is 6.18 Å². The van der Waals surface area contributed by atoms with Crippen LogP contribution in [0.4, 0.5) is 24.5 Å². The molecule has 0 spiro atoms. The Kier molecular flexibility index (Phi) is 3.91. The number of carbonyl (C=O) groups excluding carboxylic acids is 1. The largest absolute Gasteiger partial charge is 0.416 e. The molecular weight excluding hydrogens is 331 g/mol. The van der Waals surface area contributed by atoms with Gasteiger partial charge in [-0.25, -0.2) is 0 Å². The van der Waals surface area contributed by atoms with Crippen molar-refractivity contribution < 1.29 is 18.0 Å². The predicted molar refractivity (Wildman–Crippen MR) is 87.4 cm³/mol. The molecule has 1 aliphatic heterocycles. The maximum atomic E-state index is 12.9. The van der Waals surface area contributed by atoms with Gasteiger partial charge in [0.1, 0.15) is 0 Å². The lowest BCUT2D eigenvalue weighted by Crippen LogP contribution is -2.26. The third-order valence-corrected chi connectivity index (χ3v) is 4.15. The van der Waals surface area contributed by atoms with Crippen molar-refractivity contribution >= 4 is 17.3 Å². The van der Waals surface area contributed by atoms with Crippen molar-refractivity contribution in [2.24, 2.45) is 0 Å². The number of anilines is 2. The van der Waals surface area contributed by atoms with E-state index >= 15 is 0 Å². The molecule has 0 bridgehead atoms. The third kappa shape index (κ3) is 2.80. The Balaban J connectivity index is 2.05. The van der Waals surface area contributed by atoms with E-state index in [1.807, 2.05) is 25.1 Å². The summed E-state index contributed by atoms with van der Waals surface area (Å²) in [7, 11) is 3.73. The van der Waals surface area contributed by atoms with Crippen LogP contribution in [-0.4, -0.2) is 20.0 Å². The molecule has 128 valence electrons. The Morgan fingerprint density at radius 2 is 1.76 bits per heavy atom. The average molecular weight is 345 g/mol. The van der Waals surface area contributed by atoms with Crippen LogP contribution in [0.2, 0.25) is 0 Å². The predicted octanol–water partition coefficient (Wildman–Crippen LogP) is 4.00. The second-order valence-corrected chi connectivity index (χ2v) is 5.92. The van der Waals surface area contributed by atoms with E-state index in [1.54, 1.807) is 24.3 Å². The van der Waals surface area contributed by atoms with Crippen LogP contribution in [0.5, 0.6) is 0 Å². The Morgan fingerprint density at radius 1 is 1.12 bits per heavy atom. The monoisotopic (exact) mass is 345 g/mol. The van der Waals surface area contributed by atoms with Gasteiger partial charge in [0, 0.05) is 36.6 Å². The standard InChI is InChI=1S/C18H14F3N3O/c1-23(2)12-4-6-13(7-5-12)24-16(10-22)15-9-11(18(19,20)21)3-8-14(15)17(24)25/h3-9,16H,1-2H3. The summed E-state index contributed by atoms with van der Waals surface area (Å²) >= 11 is 0. The lowest BCUT2D eigenvalue weighted by Gasteiger charge is -2.21. The van der Waals surface area contributed by atoms with Crippen molar-refractivity contribution in [2.75, 3.05) is 23.9 Å². The number of carbonyl (C=O) groups is 1. The molecule has 0 aliphatic carbocycles. The summed E-state index contributed by atoms with van der Waals surface area (Å²) < 4.78 is 38.8. The summed E-state index contributed by atoms with van der Waals surface area (Å²) in [6.07, 6.45) is -4.53. The van der Waals surface area contributed by atoms with E-state index in [9.17, 15) is 23.2 Å². The highest BCUT2D eigenvalue weighted by atomic mass is 19.4. The summed E-state index contributed by atoms with van der Waals surface area (Å²) in [4.78, 5) is 15.7. The highest BCUT2D eigenvalue weighted by Crippen LogP contribution is 2.40. The number of nitriles is 1. The topological polar surface area (TPSA) is 47.3 Å². The van der Waals surface area contributed by atoms with Gasteiger partial charge < -0.3 is 4.90 Å². The molecule has 0 saturated carbocycles. The Hall–Kier alpha value is -3.01. The number of alkyl halides is 3. The number of rotatable bonds is 2. The van der Waals surface area contributed by atoms with Crippen molar-refractivity contribution in [2.45, 2.75) is 12.2 Å². The Bertz CT molecular complexity index is 867. The summed E-state index contributed by atoms with van der Waals surface area (Å²) in [5.41, 5.74) is 0.701. The zero-order chi connectivity index (χ0) is 18.4. The van der Waals surface area contributed by atoms with Gasteiger partial charge in [-0.3, -0.25) is 9.69 Å². The zero-order valence-corrected chi connectivity index (χ0v) is 13.5.